The Kier molecular flexibility index (Phi) is 6.99. The van der Waals surface area contributed by atoms with Gasteiger partial charge in [0.15, 0.2) is 0 Å². The number of carboxylic acid groups (broad SMARTS) is 1. The first-order chi connectivity index (χ1) is 9.53. The van der Waals surface area contributed by atoms with Crippen molar-refractivity contribution in [2.75, 3.05) is 13.1 Å². The molecule has 0 fully saturated rings. The summed E-state index contributed by atoms with van der Waals surface area (Å²) < 4.78 is 38.6. The van der Waals surface area contributed by atoms with Crippen LogP contribution in [0.5, 0.6) is 0 Å². The van der Waals surface area contributed by atoms with Crippen molar-refractivity contribution in [2.45, 2.75) is 52.3 Å². The summed E-state index contributed by atoms with van der Waals surface area (Å²) >= 11 is 0. The Morgan fingerprint density at radius 1 is 1.19 bits per heavy atom. The molecule has 0 aliphatic rings. The molecule has 0 aliphatic heterocycles. The smallest absolute Gasteiger partial charge is 0.422 e. The number of carboxylic acids is 1. The average Bonchev–Trinajstić information content (AvgIpc) is 2.38. The Bertz CT molecular complexity index is 370. The van der Waals surface area contributed by atoms with Crippen LogP contribution in [0.2, 0.25) is 0 Å². The Hall–Kier alpha value is -1.47. The fourth-order valence-corrected chi connectivity index (χ4v) is 1.75. The van der Waals surface area contributed by atoms with Gasteiger partial charge in [-0.2, -0.15) is 13.2 Å². The van der Waals surface area contributed by atoms with Gasteiger partial charge >= 0.3 is 18.2 Å². The topological polar surface area (TPSA) is 69.6 Å². The average molecular weight is 312 g/mol. The predicted octanol–water partition coefficient (Wildman–Crippen LogP) is 2.86. The number of halogens is 3. The number of rotatable bonds is 7. The molecule has 0 rings (SSSR count). The first-order valence-electron chi connectivity index (χ1n) is 6.90. The third-order valence-corrected chi connectivity index (χ3v) is 3.65. The number of hydrogen-bond donors (Lipinski definition) is 2. The summed E-state index contributed by atoms with van der Waals surface area (Å²) in [5.74, 6) is -1.97. The molecule has 5 nitrogen and oxygen atoms in total. The third-order valence-electron chi connectivity index (χ3n) is 3.65. The van der Waals surface area contributed by atoms with Crippen LogP contribution in [0.15, 0.2) is 0 Å². The quantitative estimate of drug-likeness (QED) is 0.759. The van der Waals surface area contributed by atoms with Gasteiger partial charge in [0, 0.05) is 13.1 Å². The lowest BCUT2D eigenvalue weighted by atomic mass is 10.0. The second kappa shape index (κ2) is 7.51. The number of urea groups is 1. The van der Waals surface area contributed by atoms with Crippen molar-refractivity contribution in [3.8, 4) is 0 Å². The summed E-state index contributed by atoms with van der Waals surface area (Å²) in [6, 6.07) is -1.02. The Labute approximate surface area is 122 Å². The van der Waals surface area contributed by atoms with Crippen LogP contribution in [0.1, 0.15) is 40.5 Å². The van der Waals surface area contributed by atoms with Gasteiger partial charge in [0.25, 0.3) is 0 Å². The molecule has 0 spiro atoms. The minimum Gasteiger partial charge on any atom is -0.479 e. The van der Waals surface area contributed by atoms with Crippen molar-refractivity contribution >= 4 is 12.0 Å². The minimum absolute atomic E-state index is 0.165. The fraction of sp³-hybridized carbons (Fsp3) is 0.846. The number of hydrogen-bond acceptors (Lipinski definition) is 2. The lowest BCUT2D eigenvalue weighted by Crippen LogP contribution is -2.64. The highest BCUT2D eigenvalue weighted by molar-refractivity contribution is 5.86. The number of carbonyl (C=O) groups excluding carboxylic acids is 1. The molecule has 2 amide bonds. The molecule has 0 radical (unpaired) electrons. The van der Waals surface area contributed by atoms with Gasteiger partial charge in [-0.05, 0) is 19.8 Å². The zero-order chi connectivity index (χ0) is 16.8. The highest BCUT2D eigenvalue weighted by Crippen LogP contribution is 2.30. The summed E-state index contributed by atoms with van der Waals surface area (Å²) in [6.07, 6.45) is -3.51. The van der Waals surface area contributed by atoms with Crippen LogP contribution < -0.4 is 5.32 Å². The van der Waals surface area contributed by atoms with Crippen LogP contribution >= 0.6 is 0 Å². The first kappa shape index (κ1) is 19.5. The largest absolute Gasteiger partial charge is 0.479 e. The lowest BCUT2D eigenvalue weighted by molar-refractivity contribution is -0.203. The fourth-order valence-electron chi connectivity index (χ4n) is 1.75. The van der Waals surface area contributed by atoms with Crippen molar-refractivity contribution in [3.05, 3.63) is 0 Å². The Balaban J connectivity index is 5.09. The highest BCUT2D eigenvalue weighted by Gasteiger charge is 2.58. The number of carbonyl (C=O) groups is 2. The van der Waals surface area contributed by atoms with Crippen LogP contribution in [-0.2, 0) is 4.79 Å². The number of nitrogens with zero attached hydrogens (tertiary/aromatic N) is 1. The van der Waals surface area contributed by atoms with Crippen LogP contribution in [0.4, 0.5) is 18.0 Å². The van der Waals surface area contributed by atoms with Crippen molar-refractivity contribution in [2.24, 2.45) is 5.92 Å². The molecule has 0 bridgehead atoms. The molecule has 0 saturated heterocycles. The number of alkyl halides is 3. The summed E-state index contributed by atoms with van der Waals surface area (Å²) in [5, 5.41) is 10.4. The van der Waals surface area contributed by atoms with Gasteiger partial charge in [-0.3, -0.25) is 0 Å². The van der Waals surface area contributed by atoms with E-state index in [1.54, 1.807) is 12.2 Å². The van der Waals surface area contributed by atoms with E-state index >= 15 is 0 Å². The van der Waals surface area contributed by atoms with Gasteiger partial charge in [0.1, 0.15) is 0 Å². The van der Waals surface area contributed by atoms with Crippen LogP contribution in [0.25, 0.3) is 0 Å². The molecule has 21 heavy (non-hydrogen) atoms. The van der Waals surface area contributed by atoms with Crippen molar-refractivity contribution in [1.82, 2.24) is 10.2 Å². The molecule has 2 N–H and O–H groups in total. The predicted molar refractivity (Wildman–Crippen MR) is 71.9 cm³/mol. The molecule has 0 saturated carbocycles. The summed E-state index contributed by atoms with van der Waals surface area (Å²) in [7, 11) is 0. The minimum atomic E-state index is -5.08. The maximum atomic E-state index is 12.9. The molecular formula is C13H23F3N2O3. The summed E-state index contributed by atoms with van der Waals surface area (Å²) in [6.45, 7) is 6.43. The summed E-state index contributed by atoms with van der Waals surface area (Å²) in [5.41, 5.74) is -3.30. The van der Waals surface area contributed by atoms with Gasteiger partial charge in [0.05, 0.1) is 0 Å². The third kappa shape index (κ3) is 4.78. The van der Waals surface area contributed by atoms with E-state index in [0.717, 1.165) is 12.8 Å². The second-order valence-electron chi connectivity index (χ2n) is 5.08. The molecule has 0 aromatic carbocycles. The molecule has 1 atom stereocenters. The van der Waals surface area contributed by atoms with Crippen LogP contribution in [-0.4, -0.2) is 46.8 Å². The van der Waals surface area contributed by atoms with Crippen molar-refractivity contribution in [1.29, 1.82) is 0 Å². The number of amides is 2. The van der Waals surface area contributed by atoms with Crippen LogP contribution in [0, 0.1) is 5.92 Å². The molecule has 0 heterocycles. The summed E-state index contributed by atoms with van der Waals surface area (Å²) in [4.78, 5) is 24.1. The van der Waals surface area contributed by atoms with E-state index in [2.05, 4.69) is 0 Å². The molecule has 1 unspecified atom stereocenters. The molecular weight excluding hydrogens is 289 g/mol. The van der Waals surface area contributed by atoms with Gasteiger partial charge in [0.2, 0.25) is 5.54 Å². The molecule has 0 aliphatic carbocycles. The molecule has 8 heteroatoms. The monoisotopic (exact) mass is 312 g/mol. The SMILES string of the molecule is CCC(CC)CN(CC)C(=O)NC(C)(C(=O)O)C(F)(F)F. The van der Waals surface area contributed by atoms with Crippen molar-refractivity contribution < 1.29 is 27.9 Å². The van der Waals surface area contributed by atoms with Gasteiger partial charge < -0.3 is 15.3 Å². The second-order valence-corrected chi connectivity index (χ2v) is 5.08. The van der Waals surface area contributed by atoms with E-state index in [0.29, 0.717) is 13.5 Å². The van der Waals surface area contributed by atoms with E-state index < -0.39 is 23.7 Å². The molecule has 124 valence electrons. The maximum Gasteiger partial charge on any atom is 0.422 e. The van der Waals surface area contributed by atoms with E-state index in [4.69, 9.17) is 5.11 Å². The van der Waals surface area contributed by atoms with E-state index in [1.807, 2.05) is 13.8 Å². The van der Waals surface area contributed by atoms with E-state index in [9.17, 15) is 22.8 Å². The van der Waals surface area contributed by atoms with Crippen LogP contribution in [0.3, 0.4) is 0 Å². The maximum absolute atomic E-state index is 12.9. The Morgan fingerprint density at radius 2 is 1.67 bits per heavy atom. The van der Waals surface area contributed by atoms with Gasteiger partial charge in [-0.1, -0.05) is 26.7 Å². The van der Waals surface area contributed by atoms with Gasteiger partial charge in [-0.25, -0.2) is 9.59 Å². The standard InChI is InChI=1S/C13H23F3N2O3/c1-5-9(6-2)8-18(7-3)11(21)17-12(4,10(19)20)13(14,15)16/h9H,5-8H2,1-4H3,(H,17,21)(H,19,20). The molecule has 0 aromatic rings. The zero-order valence-electron chi connectivity index (χ0n) is 12.8. The lowest BCUT2D eigenvalue weighted by Gasteiger charge is -2.32. The zero-order valence-corrected chi connectivity index (χ0v) is 12.8. The van der Waals surface area contributed by atoms with E-state index in [1.165, 1.54) is 4.90 Å². The number of nitrogens with one attached hydrogen (secondary N) is 1. The van der Waals surface area contributed by atoms with Gasteiger partial charge in [-0.15, -0.1) is 0 Å². The van der Waals surface area contributed by atoms with E-state index in [-0.39, 0.29) is 12.5 Å². The normalized spacial score (nSPS) is 14.7. The molecule has 0 aromatic heterocycles. The number of aliphatic carboxylic acids is 1. The highest BCUT2D eigenvalue weighted by atomic mass is 19.4. The Morgan fingerprint density at radius 3 is 1.95 bits per heavy atom. The van der Waals surface area contributed by atoms with Crippen molar-refractivity contribution in [3.63, 3.8) is 0 Å². The first-order valence-corrected chi connectivity index (χ1v) is 6.90.